The zero-order chi connectivity index (χ0) is 19.6. The summed E-state index contributed by atoms with van der Waals surface area (Å²) in [6.45, 7) is -2.95. The molecule has 27 heavy (non-hydrogen) atoms. The van der Waals surface area contributed by atoms with Crippen molar-refractivity contribution in [3.8, 4) is 5.75 Å². The molecule has 0 bridgehead atoms. The van der Waals surface area contributed by atoms with Crippen molar-refractivity contribution in [2.75, 3.05) is 19.4 Å². The molecule has 0 saturated carbocycles. The molecule has 0 aliphatic rings. The number of rotatable bonds is 9. The molecule has 1 N–H and O–H groups in total. The fourth-order valence-corrected chi connectivity index (χ4v) is 2.69. The Kier molecular flexibility index (Phi) is 8.00. The molecule has 0 saturated heterocycles. The topological polar surface area (TPSA) is 77.5 Å². The Labute approximate surface area is 159 Å². The molecule has 0 fully saturated rings. The van der Waals surface area contributed by atoms with Crippen LogP contribution in [0.15, 0.2) is 47.6 Å². The highest BCUT2D eigenvalue weighted by atomic mass is 32.2. The van der Waals surface area contributed by atoms with Crippen molar-refractivity contribution in [2.45, 2.75) is 18.1 Å². The van der Waals surface area contributed by atoms with Crippen LogP contribution in [0.2, 0.25) is 0 Å². The van der Waals surface area contributed by atoms with Crippen molar-refractivity contribution in [3.63, 3.8) is 0 Å². The van der Waals surface area contributed by atoms with Gasteiger partial charge in [-0.3, -0.25) is 4.79 Å². The standard InChI is InChI=1S/C18H18F2N2O4S/c1-27-16-14(3-2-9-22-16)17(24)25-11-15(23)21-10-8-12-4-6-13(7-5-12)26-18(19)20/h2-7,9,18H,8,10-11H2,1H3,(H,21,23). The molecule has 0 spiro atoms. The number of pyridine rings is 1. The third kappa shape index (κ3) is 6.86. The molecule has 0 aliphatic carbocycles. The number of aromatic nitrogens is 1. The largest absolute Gasteiger partial charge is 0.452 e. The van der Waals surface area contributed by atoms with E-state index in [0.717, 1.165) is 5.56 Å². The zero-order valence-electron chi connectivity index (χ0n) is 14.5. The summed E-state index contributed by atoms with van der Waals surface area (Å²) in [5.41, 5.74) is 1.15. The second kappa shape index (κ2) is 10.5. The van der Waals surface area contributed by atoms with E-state index in [4.69, 9.17) is 4.74 Å². The number of esters is 1. The number of amides is 1. The fraction of sp³-hybridized carbons (Fsp3) is 0.278. The van der Waals surface area contributed by atoms with E-state index < -0.39 is 25.1 Å². The molecule has 0 atom stereocenters. The van der Waals surface area contributed by atoms with E-state index in [1.165, 1.54) is 23.9 Å². The summed E-state index contributed by atoms with van der Waals surface area (Å²) in [6, 6.07) is 9.34. The minimum atomic E-state index is -2.86. The first-order valence-electron chi connectivity index (χ1n) is 7.96. The number of nitrogens with zero attached hydrogens (tertiary/aromatic N) is 1. The van der Waals surface area contributed by atoms with Gasteiger partial charge in [-0.2, -0.15) is 8.78 Å². The van der Waals surface area contributed by atoms with Gasteiger partial charge >= 0.3 is 12.6 Å². The Balaban J connectivity index is 1.72. The summed E-state index contributed by atoms with van der Waals surface area (Å²) < 4.78 is 33.4. The third-order valence-electron chi connectivity index (χ3n) is 3.40. The number of benzene rings is 1. The monoisotopic (exact) mass is 396 g/mol. The first-order valence-corrected chi connectivity index (χ1v) is 9.18. The summed E-state index contributed by atoms with van der Waals surface area (Å²) in [5, 5.41) is 3.15. The molecular weight excluding hydrogens is 378 g/mol. The lowest BCUT2D eigenvalue weighted by molar-refractivity contribution is -0.124. The van der Waals surface area contributed by atoms with Crippen molar-refractivity contribution in [1.29, 1.82) is 0 Å². The highest BCUT2D eigenvalue weighted by Gasteiger charge is 2.14. The predicted molar refractivity (Wildman–Crippen MR) is 96.1 cm³/mol. The maximum absolute atomic E-state index is 12.1. The minimum Gasteiger partial charge on any atom is -0.452 e. The Hall–Kier alpha value is -2.68. The minimum absolute atomic E-state index is 0.0738. The highest BCUT2D eigenvalue weighted by Crippen LogP contribution is 2.17. The quantitative estimate of drug-likeness (QED) is 0.519. The molecule has 1 heterocycles. The summed E-state index contributed by atoms with van der Waals surface area (Å²) in [4.78, 5) is 27.9. The van der Waals surface area contributed by atoms with Gasteiger partial charge in [0.05, 0.1) is 5.56 Å². The second-order valence-corrected chi connectivity index (χ2v) is 6.05. The van der Waals surface area contributed by atoms with Crippen molar-refractivity contribution in [1.82, 2.24) is 10.3 Å². The average Bonchev–Trinajstić information content (AvgIpc) is 2.67. The molecule has 1 amide bonds. The summed E-state index contributed by atoms with van der Waals surface area (Å²) in [6.07, 6.45) is 3.85. The van der Waals surface area contributed by atoms with Gasteiger partial charge in [-0.05, 0) is 42.5 Å². The van der Waals surface area contributed by atoms with Gasteiger partial charge in [-0.15, -0.1) is 11.8 Å². The summed E-state index contributed by atoms with van der Waals surface area (Å²) in [5.74, 6) is -0.975. The van der Waals surface area contributed by atoms with Crippen LogP contribution in [0.5, 0.6) is 5.75 Å². The Morgan fingerprint density at radius 2 is 1.96 bits per heavy atom. The van der Waals surface area contributed by atoms with Crippen molar-refractivity contribution < 1.29 is 27.8 Å². The first kappa shape index (κ1) is 20.6. The molecule has 2 rings (SSSR count). The van der Waals surface area contributed by atoms with Crippen LogP contribution < -0.4 is 10.1 Å². The molecule has 1 aromatic heterocycles. The smallest absolute Gasteiger partial charge is 0.387 e. The summed E-state index contributed by atoms with van der Waals surface area (Å²) >= 11 is 1.31. The van der Waals surface area contributed by atoms with Crippen LogP contribution in [0, 0.1) is 0 Å². The molecule has 6 nitrogen and oxygen atoms in total. The van der Waals surface area contributed by atoms with E-state index in [2.05, 4.69) is 15.0 Å². The average molecular weight is 396 g/mol. The van der Waals surface area contributed by atoms with Gasteiger partial charge in [0.2, 0.25) is 0 Å². The van der Waals surface area contributed by atoms with E-state index in [1.807, 2.05) is 0 Å². The maximum atomic E-state index is 12.1. The number of carbonyl (C=O) groups is 2. The van der Waals surface area contributed by atoms with Crippen molar-refractivity contribution in [2.24, 2.45) is 0 Å². The third-order valence-corrected chi connectivity index (χ3v) is 4.12. The van der Waals surface area contributed by atoms with Crippen molar-refractivity contribution in [3.05, 3.63) is 53.7 Å². The molecule has 1 aromatic carbocycles. The molecule has 0 radical (unpaired) electrons. The van der Waals surface area contributed by atoms with E-state index in [-0.39, 0.29) is 5.75 Å². The SMILES string of the molecule is CSc1ncccc1C(=O)OCC(=O)NCCc1ccc(OC(F)F)cc1. The second-order valence-electron chi connectivity index (χ2n) is 5.26. The zero-order valence-corrected chi connectivity index (χ0v) is 15.3. The Morgan fingerprint density at radius 3 is 2.63 bits per heavy atom. The normalized spacial score (nSPS) is 10.5. The molecule has 0 aliphatic heterocycles. The lowest BCUT2D eigenvalue weighted by atomic mass is 10.1. The van der Waals surface area contributed by atoms with Crippen LogP contribution >= 0.6 is 11.8 Å². The number of hydrogen-bond donors (Lipinski definition) is 1. The number of ether oxygens (including phenoxy) is 2. The number of halogens is 2. The fourth-order valence-electron chi connectivity index (χ4n) is 2.15. The maximum Gasteiger partial charge on any atom is 0.387 e. The summed E-state index contributed by atoms with van der Waals surface area (Å²) in [7, 11) is 0. The van der Waals surface area contributed by atoms with Gasteiger partial charge < -0.3 is 14.8 Å². The molecular formula is C18H18F2N2O4S. The van der Waals surface area contributed by atoms with Gasteiger partial charge in [0.25, 0.3) is 5.91 Å². The van der Waals surface area contributed by atoms with Crippen LogP contribution in [0.25, 0.3) is 0 Å². The van der Waals surface area contributed by atoms with E-state index in [9.17, 15) is 18.4 Å². The number of thioether (sulfide) groups is 1. The van der Waals surface area contributed by atoms with E-state index in [0.29, 0.717) is 23.6 Å². The van der Waals surface area contributed by atoms with Crippen molar-refractivity contribution >= 4 is 23.6 Å². The number of alkyl halides is 2. The molecule has 2 aromatic rings. The number of nitrogens with one attached hydrogen (secondary N) is 1. The van der Waals surface area contributed by atoms with E-state index >= 15 is 0 Å². The first-order chi connectivity index (χ1) is 13.0. The highest BCUT2D eigenvalue weighted by molar-refractivity contribution is 7.98. The lowest BCUT2D eigenvalue weighted by Gasteiger charge is -2.09. The van der Waals surface area contributed by atoms with Gasteiger partial charge in [-0.25, -0.2) is 9.78 Å². The van der Waals surface area contributed by atoms with Crippen LogP contribution in [0.4, 0.5) is 8.78 Å². The van der Waals surface area contributed by atoms with Crippen LogP contribution in [-0.2, 0) is 16.0 Å². The number of carbonyl (C=O) groups excluding carboxylic acids is 2. The van der Waals surface area contributed by atoms with Gasteiger partial charge in [0, 0.05) is 12.7 Å². The van der Waals surface area contributed by atoms with Gasteiger partial charge in [0.15, 0.2) is 6.61 Å². The van der Waals surface area contributed by atoms with Crippen LogP contribution in [0.1, 0.15) is 15.9 Å². The number of hydrogen-bond acceptors (Lipinski definition) is 6. The van der Waals surface area contributed by atoms with Gasteiger partial charge in [-0.1, -0.05) is 12.1 Å². The molecule has 9 heteroatoms. The van der Waals surface area contributed by atoms with Crippen LogP contribution in [-0.4, -0.2) is 42.9 Å². The van der Waals surface area contributed by atoms with E-state index in [1.54, 1.807) is 36.7 Å². The lowest BCUT2D eigenvalue weighted by Crippen LogP contribution is -2.30. The Morgan fingerprint density at radius 1 is 1.22 bits per heavy atom. The predicted octanol–water partition coefficient (Wildman–Crippen LogP) is 2.92. The van der Waals surface area contributed by atoms with Gasteiger partial charge in [0.1, 0.15) is 10.8 Å². The molecule has 0 unspecified atom stereocenters. The Bertz CT molecular complexity index is 772. The van der Waals surface area contributed by atoms with Crippen LogP contribution in [0.3, 0.4) is 0 Å². The molecule has 144 valence electrons.